The van der Waals surface area contributed by atoms with E-state index in [1.54, 1.807) is 0 Å². The molecule has 0 spiro atoms. The minimum absolute atomic E-state index is 0.266. The minimum Gasteiger partial charge on any atom is -0.394 e. The SMILES string of the molecule is NNc1nc(SCC(O)CO)c2ccccc2n1. The number of hydrogen-bond acceptors (Lipinski definition) is 7. The molecule has 1 aromatic heterocycles. The van der Waals surface area contributed by atoms with E-state index in [1.807, 2.05) is 24.3 Å². The van der Waals surface area contributed by atoms with Gasteiger partial charge in [-0.2, -0.15) is 0 Å². The van der Waals surface area contributed by atoms with Crippen LogP contribution in [0.25, 0.3) is 10.9 Å². The Labute approximate surface area is 108 Å². The molecule has 2 aromatic rings. The lowest BCUT2D eigenvalue weighted by molar-refractivity contribution is 0.113. The van der Waals surface area contributed by atoms with Crippen LogP contribution in [0.4, 0.5) is 5.95 Å². The third-order valence-corrected chi connectivity index (χ3v) is 3.46. The molecule has 6 nitrogen and oxygen atoms in total. The van der Waals surface area contributed by atoms with Crippen LogP contribution < -0.4 is 11.3 Å². The van der Waals surface area contributed by atoms with Gasteiger partial charge in [-0.25, -0.2) is 15.8 Å². The van der Waals surface area contributed by atoms with Gasteiger partial charge >= 0.3 is 0 Å². The molecule has 18 heavy (non-hydrogen) atoms. The van der Waals surface area contributed by atoms with Gasteiger partial charge in [0.25, 0.3) is 0 Å². The van der Waals surface area contributed by atoms with E-state index in [1.165, 1.54) is 11.8 Å². The minimum atomic E-state index is -0.766. The highest BCUT2D eigenvalue weighted by atomic mass is 32.2. The van der Waals surface area contributed by atoms with E-state index in [9.17, 15) is 5.11 Å². The van der Waals surface area contributed by atoms with Gasteiger partial charge < -0.3 is 10.2 Å². The number of nitrogen functional groups attached to an aromatic ring is 1. The molecule has 96 valence electrons. The number of aliphatic hydroxyl groups is 2. The summed E-state index contributed by atoms with van der Waals surface area (Å²) in [5.74, 6) is 6.01. The number of fused-ring (bicyclic) bond motifs is 1. The molecule has 1 aromatic carbocycles. The summed E-state index contributed by atoms with van der Waals surface area (Å²) in [6.07, 6.45) is -0.766. The van der Waals surface area contributed by atoms with Gasteiger partial charge in [-0.05, 0) is 6.07 Å². The highest BCUT2D eigenvalue weighted by molar-refractivity contribution is 7.99. The van der Waals surface area contributed by atoms with Crippen LogP contribution in [0.5, 0.6) is 0 Å². The van der Waals surface area contributed by atoms with Gasteiger partial charge in [0.05, 0.1) is 18.2 Å². The summed E-state index contributed by atoms with van der Waals surface area (Å²) >= 11 is 1.36. The summed E-state index contributed by atoms with van der Waals surface area (Å²) in [6.45, 7) is -0.266. The van der Waals surface area contributed by atoms with Crippen molar-refractivity contribution in [2.75, 3.05) is 17.8 Å². The molecular formula is C11H14N4O2S. The number of hydrogen-bond donors (Lipinski definition) is 4. The summed E-state index contributed by atoms with van der Waals surface area (Å²) in [6, 6.07) is 7.55. The summed E-state index contributed by atoms with van der Waals surface area (Å²) in [4.78, 5) is 8.48. The molecule has 5 N–H and O–H groups in total. The fourth-order valence-electron chi connectivity index (χ4n) is 1.45. The van der Waals surface area contributed by atoms with E-state index in [0.717, 1.165) is 15.9 Å². The first-order valence-electron chi connectivity index (χ1n) is 5.39. The number of para-hydroxylation sites is 1. The fraction of sp³-hybridized carbons (Fsp3) is 0.273. The van der Waals surface area contributed by atoms with Gasteiger partial charge in [0.1, 0.15) is 5.03 Å². The quantitative estimate of drug-likeness (QED) is 0.268. The second-order valence-electron chi connectivity index (χ2n) is 3.66. The van der Waals surface area contributed by atoms with Crippen molar-refractivity contribution in [3.8, 4) is 0 Å². The maximum Gasteiger partial charge on any atom is 0.238 e. The first-order chi connectivity index (χ1) is 8.74. The van der Waals surface area contributed by atoms with Crippen LogP contribution in [-0.2, 0) is 0 Å². The summed E-state index contributed by atoms with van der Waals surface area (Å²) in [5.41, 5.74) is 3.19. The molecular weight excluding hydrogens is 252 g/mol. The number of thioether (sulfide) groups is 1. The maximum absolute atomic E-state index is 9.36. The average molecular weight is 266 g/mol. The standard InChI is InChI=1S/C11H14N4O2S/c12-15-11-13-9-4-2-1-3-8(9)10(14-11)18-6-7(17)5-16/h1-4,7,16-17H,5-6,12H2,(H,13,14,15). The van der Waals surface area contributed by atoms with E-state index >= 15 is 0 Å². The van der Waals surface area contributed by atoms with Gasteiger partial charge in [0.2, 0.25) is 5.95 Å². The van der Waals surface area contributed by atoms with Crippen LogP contribution in [0.2, 0.25) is 0 Å². The Bertz CT molecular complexity index is 537. The second kappa shape index (κ2) is 5.96. The predicted molar refractivity (Wildman–Crippen MR) is 71.2 cm³/mol. The molecule has 0 saturated carbocycles. The van der Waals surface area contributed by atoms with Gasteiger partial charge in [-0.1, -0.05) is 18.2 Å². The monoisotopic (exact) mass is 266 g/mol. The normalized spacial score (nSPS) is 12.6. The van der Waals surface area contributed by atoms with Crippen molar-refractivity contribution in [2.24, 2.45) is 5.84 Å². The Morgan fingerprint density at radius 2 is 2.11 bits per heavy atom. The van der Waals surface area contributed by atoms with E-state index in [4.69, 9.17) is 10.9 Å². The number of hydrazine groups is 1. The van der Waals surface area contributed by atoms with E-state index in [0.29, 0.717) is 11.7 Å². The molecule has 0 aliphatic carbocycles. The molecule has 0 aliphatic rings. The van der Waals surface area contributed by atoms with Crippen LogP contribution in [-0.4, -0.2) is 38.6 Å². The molecule has 0 radical (unpaired) electrons. The van der Waals surface area contributed by atoms with Gasteiger partial charge in [-0.3, -0.25) is 5.43 Å². The number of aromatic nitrogens is 2. The topological polar surface area (TPSA) is 104 Å². The number of benzene rings is 1. The Hall–Kier alpha value is -1.41. The van der Waals surface area contributed by atoms with Crippen molar-refractivity contribution < 1.29 is 10.2 Å². The van der Waals surface area contributed by atoms with Crippen molar-refractivity contribution in [3.63, 3.8) is 0 Å². The number of nitrogens with one attached hydrogen (secondary N) is 1. The molecule has 0 saturated heterocycles. The smallest absolute Gasteiger partial charge is 0.238 e. The van der Waals surface area contributed by atoms with Gasteiger partial charge in [0, 0.05) is 11.1 Å². The second-order valence-corrected chi connectivity index (χ2v) is 4.67. The van der Waals surface area contributed by atoms with Crippen LogP contribution in [0.1, 0.15) is 0 Å². The van der Waals surface area contributed by atoms with Crippen molar-refractivity contribution in [1.29, 1.82) is 0 Å². The Morgan fingerprint density at radius 3 is 2.83 bits per heavy atom. The van der Waals surface area contributed by atoms with Crippen LogP contribution in [0, 0.1) is 0 Å². The zero-order chi connectivity index (χ0) is 13.0. The Morgan fingerprint density at radius 1 is 1.33 bits per heavy atom. The molecule has 0 fully saturated rings. The maximum atomic E-state index is 9.36. The van der Waals surface area contributed by atoms with Crippen molar-refractivity contribution in [3.05, 3.63) is 24.3 Å². The Kier molecular flexibility index (Phi) is 4.32. The third-order valence-electron chi connectivity index (χ3n) is 2.32. The lowest BCUT2D eigenvalue weighted by atomic mass is 10.2. The number of nitrogens with two attached hydrogens (primary N) is 1. The Balaban J connectivity index is 2.34. The first kappa shape index (κ1) is 13.0. The zero-order valence-corrected chi connectivity index (χ0v) is 10.4. The number of rotatable bonds is 5. The lowest BCUT2D eigenvalue weighted by Crippen LogP contribution is -2.15. The van der Waals surface area contributed by atoms with Crippen molar-refractivity contribution in [1.82, 2.24) is 9.97 Å². The lowest BCUT2D eigenvalue weighted by Gasteiger charge is -2.09. The molecule has 1 unspecified atom stereocenters. The summed E-state index contributed by atoms with van der Waals surface area (Å²) < 4.78 is 0. The fourth-order valence-corrected chi connectivity index (χ4v) is 2.38. The molecule has 1 heterocycles. The first-order valence-corrected chi connectivity index (χ1v) is 6.38. The highest BCUT2D eigenvalue weighted by Gasteiger charge is 2.10. The van der Waals surface area contributed by atoms with Crippen molar-refractivity contribution >= 4 is 28.6 Å². The molecule has 2 rings (SSSR count). The van der Waals surface area contributed by atoms with Crippen LogP contribution in [0.15, 0.2) is 29.3 Å². The van der Waals surface area contributed by atoms with E-state index in [2.05, 4.69) is 15.4 Å². The summed E-state index contributed by atoms with van der Waals surface area (Å²) in [7, 11) is 0. The van der Waals surface area contributed by atoms with Gasteiger partial charge in [-0.15, -0.1) is 11.8 Å². The predicted octanol–water partition coefficient (Wildman–Crippen LogP) is 0.361. The van der Waals surface area contributed by atoms with E-state index in [-0.39, 0.29) is 6.61 Å². The van der Waals surface area contributed by atoms with Crippen LogP contribution >= 0.6 is 11.8 Å². The van der Waals surface area contributed by atoms with E-state index < -0.39 is 6.10 Å². The molecule has 0 amide bonds. The molecule has 0 aliphatic heterocycles. The number of aliphatic hydroxyl groups excluding tert-OH is 2. The van der Waals surface area contributed by atoms with Gasteiger partial charge in [0.15, 0.2) is 0 Å². The number of anilines is 1. The largest absolute Gasteiger partial charge is 0.394 e. The van der Waals surface area contributed by atoms with Crippen molar-refractivity contribution in [2.45, 2.75) is 11.1 Å². The molecule has 7 heteroatoms. The average Bonchev–Trinajstić information content (AvgIpc) is 2.43. The third kappa shape index (κ3) is 2.88. The molecule has 1 atom stereocenters. The zero-order valence-electron chi connectivity index (χ0n) is 9.58. The number of nitrogens with zero attached hydrogens (tertiary/aromatic N) is 2. The van der Waals surface area contributed by atoms with Crippen LogP contribution in [0.3, 0.4) is 0 Å². The molecule has 0 bridgehead atoms. The highest BCUT2D eigenvalue weighted by Crippen LogP contribution is 2.26. The summed E-state index contributed by atoms with van der Waals surface area (Å²) in [5, 5.41) is 19.8.